The number of nitrogens with one attached hydrogen (secondary N) is 1. The number of phosphoric ester groups is 1. The van der Waals surface area contributed by atoms with Crippen LogP contribution in [0.2, 0.25) is 0 Å². The normalized spacial score (nSPS) is 30.3. The molecule has 0 amide bonds. The summed E-state index contributed by atoms with van der Waals surface area (Å²) in [6.07, 6.45) is -4.26. The van der Waals surface area contributed by atoms with Gasteiger partial charge in [-0.1, -0.05) is 0 Å². The van der Waals surface area contributed by atoms with Gasteiger partial charge in [0, 0.05) is 0 Å². The molecule has 5 atom stereocenters. The van der Waals surface area contributed by atoms with Crippen molar-refractivity contribution < 1.29 is 45.9 Å². The van der Waals surface area contributed by atoms with E-state index in [1.54, 1.807) is 0 Å². The lowest BCUT2D eigenvalue weighted by molar-refractivity contribution is -0.0509. The summed E-state index contributed by atoms with van der Waals surface area (Å²) < 4.78 is 55.5. The third-order valence-electron chi connectivity index (χ3n) is 3.73. The van der Waals surface area contributed by atoms with Gasteiger partial charge in [-0.2, -0.15) is 8.42 Å². The van der Waals surface area contributed by atoms with Crippen LogP contribution >= 0.6 is 7.82 Å². The number of ether oxygens (including phenoxy) is 1. The van der Waals surface area contributed by atoms with E-state index < -0.39 is 49.4 Å². The molecule has 0 saturated carbocycles. The highest BCUT2D eigenvalue weighted by molar-refractivity contribution is 7.85. The van der Waals surface area contributed by atoms with E-state index in [0.29, 0.717) is 11.5 Å². The van der Waals surface area contributed by atoms with Gasteiger partial charge in [0.2, 0.25) is 0 Å². The molecule has 1 aromatic heterocycles. The number of anilines is 1. The predicted molar refractivity (Wildman–Crippen MR) is 85.8 cm³/mol. The number of imidazole rings is 1. The van der Waals surface area contributed by atoms with Crippen LogP contribution in [0.4, 0.5) is 5.82 Å². The average molecular weight is 429 g/mol. The van der Waals surface area contributed by atoms with E-state index in [9.17, 15) is 28.1 Å². The van der Waals surface area contributed by atoms with Crippen LogP contribution in [0.15, 0.2) is 11.3 Å². The molecule has 0 radical (unpaired) electrons. The zero-order valence-corrected chi connectivity index (χ0v) is 15.0. The fourth-order valence-corrected chi connectivity index (χ4v) is 4.06. The third-order valence-corrected chi connectivity index (χ3v) is 5.72. The van der Waals surface area contributed by atoms with Crippen molar-refractivity contribution in [3.8, 4) is 0 Å². The Balaban J connectivity index is 1.72. The van der Waals surface area contributed by atoms with Crippen molar-refractivity contribution in [2.24, 2.45) is 10.7 Å². The van der Waals surface area contributed by atoms with Gasteiger partial charge in [-0.25, -0.2) is 14.5 Å². The number of hydrogen-bond donors (Lipinski definition) is 6. The quantitative estimate of drug-likeness (QED) is 0.204. The molecular formula is C10H16N5O10PS. The van der Waals surface area contributed by atoms with Gasteiger partial charge in [-0.05, 0) is 0 Å². The van der Waals surface area contributed by atoms with Crippen LogP contribution in [0.1, 0.15) is 11.9 Å². The first-order valence-electron chi connectivity index (χ1n) is 7.27. The van der Waals surface area contributed by atoms with Crippen molar-refractivity contribution in [3.05, 3.63) is 12.0 Å². The molecule has 17 heteroatoms. The van der Waals surface area contributed by atoms with E-state index >= 15 is 0 Å². The summed E-state index contributed by atoms with van der Waals surface area (Å²) in [5.74, 6) is 0.543. The third kappa shape index (κ3) is 4.29. The van der Waals surface area contributed by atoms with Crippen LogP contribution in [0.25, 0.3) is 0 Å². The molecule has 2 aliphatic rings. The molecular weight excluding hydrogens is 413 g/mol. The Morgan fingerprint density at radius 2 is 2.15 bits per heavy atom. The molecule has 7 N–H and O–H groups in total. The highest BCUT2D eigenvalue weighted by Crippen LogP contribution is 2.46. The molecule has 27 heavy (non-hydrogen) atoms. The van der Waals surface area contributed by atoms with Crippen LogP contribution in [-0.2, 0) is 28.2 Å². The lowest BCUT2D eigenvalue weighted by Crippen LogP contribution is -2.34. The first-order valence-corrected chi connectivity index (χ1v) is 10.1. The number of aliphatic hydroxyl groups excluding tert-OH is 2. The summed E-state index contributed by atoms with van der Waals surface area (Å²) in [5.41, 5.74) is 6.03. The van der Waals surface area contributed by atoms with Crippen LogP contribution in [-0.4, -0.2) is 75.1 Å². The number of aliphatic hydroxyl groups is 2. The molecule has 1 saturated heterocycles. The van der Waals surface area contributed by atoms with Gasteiger partial charge in [0.25, 0.3) is 0 Å². The number of nitrogens with two attached hydrogens (primary N) is 1. The molecule has 0 aliphatic carbocycles. The Morgan fingerprint density at radius 1 is 1.44 bits per heavy atom. The first kappa shape index (κ1) is 20.1. The number of aliphatic imine (C=N–C) groups is 1. The molecule has 3 rings (SSSR count). The summed E-state index contributed by atoms with van der Waals surface area (Å²) in [5, 5.41) is 23.2. The molecule has 5 unspecified atom stereocenters. The summed E-state index contributed by atoms with van der Waals surface area (Å²) in [4.78, 5) is 17.2. The Labute approximate surface area is 152 Å². The SMILES string of the molecule is NC1=NCNc2c1ncn2C1OC(COP(=O)(O)OS(=O)(=O)O)C(O)C1O. The topological polar surface area (TPSA) is 228 Å². The Morgan fingerprint density at radius 3 is 2.81 bits per heavy atom. The second-order valence-electron chi connectivity index (χ2n) is 5.54. The van der Waals surface area contributed by atoms with E-state index in [0.717, 1.165) is 0 Å². The molecule has 0 aromatic carbocycles. The summed E-state index contributed by atoms with van der Waals surface area (Å²) in [6, 6.07) is 0. The van der Waals surface area contributed by atoms with E-state index in [2.05, 4.69) is 23.8 Å². The highest BCUT2D eigenvalue weighted by atomic mass is 32.3. The van der Waals surface area contributed by atoms with Gasteiger partial charge < -0.3 is 30.9 Å². The van der Waals surface area contributed by atoms with Gasteiger partial charge in [-0.3, -0.25) is 13.6 Å². The van der Waals surface area contributed by atoms with E-state index in [4.69, 9.17) is 15.0 Å². The van der Waals surface area contributed by atoms with Crippen molar-refractivity contribution in [1.82, 2.24) is 9.55 Å². The zero-order valence-electron chi connectivity index (χ0n) is 13.3. The van der Waals surface area contributed by atoms with Gasteiger partial charge in [0.1, 0.15) is 42.3 Å². The Hall–Kier alpha value is -1.62. The molecule has 152 valence electrons. The number of aromatic nitrogens is 2. The molecule has 15 nitrogen and oxygen atoms in total. The second kappa shape index (κ2) is 7.08. The zero-order chi connectivity index (χ0) is 20.0. The minimum atomic E-state index is -5.25. The van der Waals surface area contributed by atoms with Crippen molar-refractivity contribution in [2.45, 2.75) is 24.5 Å². The minimum absolute atomic E-state index is 0.156. The van der Waals surface area contributed by atoms with Crippen molar-refractivity contribution >= 4 is 29.9 Å². The lowest BCUT2D eigenvalue weighted by atomic mass is 10.1. The number of rotatable bonds is 6. The van der Waals surface area contributed by atoms with Crippen LogP contribution in [0.5, 0.6) is 0 Å². The number of hydrogen-bond acceptors (Lipinski definition) is 12. The number of amidine groups is 1. The summed E-state index contributed by atoms with van der Waals surface area (Å²) in [6.45, 7) is -0.672. The Kier molecular flexibility index (Phi) is 5.28. The van der Waals surface area contributed by atoms with Crippen molar-refractivity contribution in [1.29, 1.82) is 0 Å². The largest absolute Gasteiger partial charge is 0.488 e. The summed E-state index contributed by atoms with van der Waals surface area (Å²) in [7, 11) is -10.4. The van der Waals surface area contributed by atoms with Gasteiger partial charge in [0.15, 0.2) is 6.23 Å². The fourth-order valence-electron chi connectivity index (χ4n) is 2.60. The molecule has 2 aliphatic heterocycles. The fraction of sp³-hybridized carbons (Fsp3) is 0.600. The molecule has 1 aromatic rings. The average Bonchev–Trinajstić information content (AvgIpc) is 3.07. The lowest BCUT2D eigenvalue weighted by Gasteiger charge is -2.21. The number of nitrogens with zero attached hydrogens (tertiary/aromatic N) is 3. The van der Waals surface area contributed by atoms with Gasteiger partial charge in [-0.15, -0.1) is 3.97 Å². The van der Waals surface area contributed by atoms with E-state index in [1.807, 2.05) is 0 Å². The van der Waals surface area contributed by atoms with Gasteiger partial charge >= 0.3 is 18.2 Å². The monoisotopic (exact) mass is 429 g/mol. The maximum absolute atomic E-state index is 11.4. The maximum atomic E-state index is 11.4. The number of phosphoric acid groups is 1. The molecule has 1 fully saturated rings. The van der Waals surface area contributed by atoms with Crippen LogP contribution < -0.4 is 11.1 Å². The van der Waals surface area contributed by atoms with E-state index in [1.165, 1.54) is 10.9 Å². The number of fused-ring (bicyclic) bond motifs is 1. The van der Waals surface area contributed by atoms with Crippen molar-refractivity contribution in [3.63, 3.8) is 0 Å². The molecule has 0 bridgehead atoms. The summed E-state index contributed by atoms with van der Waals surface area (Å²) >= 11 is 0. The predicted octanol–water partition coefficient (Wildman–Crippen LogP) is -2.47. The first-order chi connectivity index (χ1) is 12.5. The smallest absolute Gasteiger partial charge is 0.387 e. The minimum Gasteiger partial charge on any atom is -0.387 e. The van der Waals surface area contributed by atoms with Crippen LogP contribution in [0.3, 0.4) is 0 Å². The Bertz CT molecular complexity index is 902. The maximum Gasteiger partial charge on any atom is 0.488 e. The van der Waals surface area contributed by atoms with Gasteiger partial charge in [0.05, 0.1) is 12.9 Å². The molecule has 3 heterocycles. The molecule has 0 spiro atoms. The highest BCUT2D eigenvalue weighted by Gasteiger charge is 2.46. The van der Waals surface area contributed by atoms with E-state index in [-0.39, 0.29) is 12.5 Å². The standard InChI is InChI=1S/C10H16N5O10PS/c11-8-5-9(13-2-12-8)15(3-14-5)10-7(17)6(16)4(24-10)1-23-26(18,19)25-27(20,21)22/h3-4,6-7,10,13,16-17H,1-2H2,(H2,11,12)(H,18,19)(H,20,21,22). The second-order valence-corrected chi connectivity index (χ2v) is 8.19. The van der Waals surface area contributed by atoms with Crippen molar-refractivity contribution in [2.75, 3.05) is 18.6 Å². The van der Waals surface area contributed by atoms with Crippen LogP contribution in [0, 0.1) is 0 Å².